The number of aryl methyl sites for hydroxylation is 1. The third-order valence-electron chi connectivity index (χ3n) is 8.03. The van der Waals surface area contributed by atoms with Gasteiger partial charge in [-0.25, -0.2) is 4.99 Å². The molecule has 1 atom stereocenters. The van der Waals surface area contributed by atoms with Gasteiger partial charge in [0.2, 0.25) is 0 Å². The summed E-state index contributed by atoms with van der Waals surface area (Å²) in [5.41, 5.74) is 6.77. The molecule has 0 bridgehead atoms. The number of phenols is 1. The van der Waals surface area contributed by atoms with Gasteiger partial charge >= 0.3 is 0 Å². The molecule has 0 radical (unpaired) electrons. The van der Waals surface area contributed by atoms with Gasteiger partial charge in [-0.1, -0.05) is 41.7 Å². The molecular formula is C33H33N3O4S. The Bertz CT molecular complexity index is 1850. The Balaban J connectivity index is 1.55. The number of nitrogens with zero attached hydrogens (tertiary/aromatic N) is 3. The van der Waals surface area contributed by atoms with Crippen molar-refractivity contribution in [2.24, 2.45) is 4.99 Å². The fourth-order valence-corrected chi connectivity index (χ4v) is 6.92. The summed E-state index contributed by atoms with van der Waals surface area (Å²) in [4.78, 5) is 22.0. The lowest BCUT2D eigenvalue weighted by Gasteiger charge is -2.31. The van der Waals surface area contributed by atoms with Gasteiger partial charge in [0.05, 0.1) is 30.5 Å². The van der Waals surface area contributed by atoms with Gasteiger partial charge in [0.25, 0.3) is 5.56 Å². The molecule has 0 unspecified atom stereocenters. The van der Waals surface area contributed by atoms with E-state index in [0.29, 0.717) is 26.4 Å². The van der Waals surface area contributed by atoms with E-state index in [1.165, 1.54) is 16.9 Å². The zero-order chi connectivity index (χ0) is 28.7. The average Bonchev–Trinajstić information content (AvgIpc) is 3.31. The molecule has 210 valence electrons. The van der Waals surface area contributed by atoms with E-state index in [1.807, 2.05) is 36.4 Å². The lowest BCUT2D eigenvalue weighted by molar-refractivity contribution is 0.354. The fraction of sp³-hybridized carbons (Fsp3) is 0.273. The smallest absolute Gasteiger partial charge is 0.271 e. The van der Waals surface area contributed by atoms with Gasteiger partial charge in [0.15, 0.2) is 16.3 Å². The van der Waals surface area contributed by atoms with Crippen molar-refractivity contribution in [3.63, 3.8) is 0 Å². The molecule has 2 heterocycles. The number of phenolic OH excluding ortho intramolecular Hbond substituents is 1. The highest BCUT2D eigenvalue weighted by molar-refractivity contribution is 7.07. The third kappa shape index (κ3) is 4.62. The first-order chi connectivity index (χ1) is 20.0. The highest BCUT2D eigenvalue weighted by Gasteiger charge is 2.33. The first kappa shape index (κ1) is 26.9. The molecule has 1 aliphatic heterocycles. The number of aromatic hydroxyl groups is 1. The minimum atomic E-state index is -0.338. The molecule has 2 aliphatic rings. The second-order valence-corrected chi connectivity index (χ2v) is 11.2. The first-order valence-corrected chi connectivity index (χ1v) is 14.7. The van der Waals surface area contributed by atoms with Crippen molar-refractivity contribution >= 4 is 28.8 Å². The zero-order valence-electron chi connectivity index (χ0n) is 23.7. The molecule has 1 N–H and O–H groups in total. The molecule has 0 saturated carbocycles. The van der Waals surface area contributed by atoms with Crippen LogP contribution in [0.4, 0.5) is 5.69 Å². The van der Waals surface area contributed by atoms with Gasteiger partial charge in [0, 0.05) is 36.0 Å². The maximum Gasteiger partial charge on any atom is 0.271 e. The molecule has 1 aliphatic carbocycles. The first-order valence-electron chi connectivity index (χ1n) is 13.9. The number of hydrogen-bond donors (Lipinski definition) is 1. The largest absolute Gasteiger partial charge is 0.507 e. The van der Waals surface area contributed by atoms with Crippen LogP contribution in [0.3, 0.4) is 0 Å². The Morgan fingerprint density at radius 2 is 1.80 bits per heavy atom. The van der Waals surface area contributed by atoms with Gasteiger partial charge in [-0.3, -0.25) is 9.36 Å². The van der Waals surface area contributed by atoms with Gasteiger partial charge in [-0.15, -0.1) is 0 Å². The number of allylic oxidation sites excluding steroid dienone is 1. The van der Waals surface area contributed by atoms with Crippen LogP contribution in [0.5, 0.6) is 17.2 Å². The molecule has 8 heteroatoms. The highest BCUT2D eigenvalue weighted by atomic mass is 32.1. The van der Waals surface area contributed by atoms with Crippen molar-refractivity contribution in [2.45, 2.75) is 32.7 Å². The van der Waals surface area contributed by atoms with Crippen LogP contribution in [0.15, 0.2) is 76.0 Å². The normalized spacial score (nSPS) is 16.0. The van der Waals surface area contributed by atoms with Crippen molar-refractivity contribution < 1.29 is 14.6 Å². The summed E-state index contributed by atoms with van der Waals surface area (Å²) >= 11 is 1.35. The lowest BCUT2D eigenvalue weighted by Crippen LogP contribution is -2.38. The van der Waals surface area contributed by atoms with Crippen molar-refractivity contribution in [3.05, 3.63) is 108 Å². The molecule has 0 spiro atoms. The van der Waals surface area contributed by atoms with Gasteiger partial charge in [-0.05, 0) is 73.7 Å². The standard InChI is InChI=1S/C33H33N3O4S/c1-5-35(6-2)23-14-11-21(26(37)19-23)18-29-32(38)36-31(22-13-16-27(39-3)28(17-22)40-4)25-15-12-20-9-7-8-10-24(20)30(25)34-33(36)41-29/h7-11,13-14,16-19,31,37H,5-6,12,15H2,1-4H3/b29-18-/t31-/m1/s1. The molecule has 6 rings (SSSR count). The summed E-state index contributed by atoms with van der Waals surface area (Å²) in [6.45, 7) is 5.86. The van der Waals surface area contributed by atoms with Gasteiger partial charge in [0.1, 0.15) is 5.75 Å². The second kappa shape index (κ2) is 10.9. The Labute approximate surface area is 242 Å². The second-order valence-electron chi connectivity index (χ2n) is 10.1. The monoisotopic (exact) mass is 567 g/mol. The molecule has 3 aromatic carbocycles. The highest BCUT2D eigenvalue weighted by Crippen LogP contribution is 2.42. The number of aromatic nitrogens is 1. The van der Waals surface area contributed by atoms with E-state index in [4.69, 9.17) is 14.5 Å². The lowest BCUT2D eigenvalue weighted by atomic mass is 9.83. The van der Waals surface area contributed by atoms with E-state index in [9.17, 15) is 9.90 Å². The molecule has 4 aromatic rings. The van der Waals surface area contributed by atoms with E-state index < -0.39 is 0 Å². The van der Waals surface area contributed by atoms with Crippen molar-refractivity contribution in [3.8, 4) is 17.2 Å². The summed E-state index contributed by atoms with van der Waals surface area (Å²) in [6.07, 6.45) is 3.45. The predicted octanol–water partition coefficient (Wildman–Crippen LogP) is 4.89. The molecule has 1 aromatic heterocycles. The van der Waals surface area contributed by atoms with Gasteiger partial charge < -0.3 is 19.5 Å². The maximum absolute atomic E-state index is 14.1. The SMILES string of the molecule is CCN(CC)c1ccc(/C=c2\sc3n(c2=O)[C@H](c2ccc(OC)c(OC)c2)C2=C(N=3)c3ccccc3CC2)c(O)c1. The molecular weight excluding hydrogens is 534 g/mol. The van der Waals surface area contributed by atoms with E-state index >= 15 is 0 Å². The van der Waals surface area contributed by atoms with E-state index in [2.05, 4.69) is 36.9 Å². The van der Waals surface area contributed by atoms with Crippen molar-refractivity contribution in [1.29, 1.82) is 0 Å². The summed E-state index contributed by atoms with van der Waals surface area (Å²) in [5.74, 6) is 1.39. The van der Waals surface area contributed by atoms with E-state index in [-0.39, 0.29) is 17.4 Å². The van der Waals surface area contributed by atoms with Gasteiger partial charge in [-0.2, -0.15) is 0 Å². The van der Waals surface area contributed by atoms with E-state index in [1.54, 1.807) is 30.9 Å². The maximum atomic E-state index is 14.1. The summed E-state index contributed by atoms with van der Waals surface area (Å²) in [6, 6.07) is 19.5. The number of anilines is 1. The van der Waals surface area contributed by atoms with Crippen LogP contribution in [-0.4, -0.2) is 37.0 Å². The fourth-order valence-electron chi connectivity index (χ4n) is 5.93. The summed E-state index contributed by atoms with van der Waals surface area (Å²) < 4.78 is 13.4. The van der Waals surface area contributed by atoms with Crippen molar-refractivity contribution in [2.75, 3.05) is 32.2 Å². The average molecular weight is 568 g/mol. The number of thiazole rings is 1. The number of fused-ring (bicyclic) bond motifs is 3. The van der Waals surface area contributed by atoms with Crippen LogP contribution in [0.1, 0.15) is 48.6 Å². The van der Waals surface area contributed by atoms with Crippen LogP contribution in [-0.2, 0) is 6.42 Å². The molecule has 0 amide bonds. The van der Waals surface area contributed by atoms with Crippen LogP contribution in [0, 0.1) is 0 Å². The zero-order valence-corrected chi connectivity index (χ0v) is 24.5. The topological polar surface area (TPSA) is 76.3 Å². The predicted molar refractivity (Wildman–Crippen MR) is 164 cm³/mol. The minimum Gasteiger partial charge on any atom is -0.507 e. The molecule has 41 heavy (non-hydrogen) atoms. The summed E-state index contributed by atoms with van der Waals surface area (Å²) in [7, 11) is 3.23. The number of methoxy groups -OCH3 is 2. The number of ether oxygens (including phenoxy) is 2. The quantitative estimate of drug-likeness (QED) is 0.344. The number of hydrogen-bond acceptors (Lipinski definition) is 7. The van der Waals surface area contributed by atoms with Crippen LogP contribution >= 0.6 is 11.3 Å². The summed E-state index contributed by atoms with van der Waals surface area (Å²) in [5, 5.41) is 10.9. The third-order valence-corrected chi connectivity index (χ3v) is 9.01. The number of benzene rings is 3. The Kier molecular flexibility index (Phi) is 7.17. The van der Waals surface area contributed by atoms with E-state index in [0.717, 1.165) is 54.0 Å². The minimum absolute atomic E-state index is 0.133. The molecule has 0 saturated heterocycles. The number of rotatable bonds is 7. The van der Waals surface area contributed by atoms with Crippen molar-refractivity contribution in [1.82, 2.24) is 4.57 Å². The molecule has 7 nitrogen and oxygen atoms in total. The Morgan fingerprint density at radius 1 is 1.02 bits per heavy atom. The Hall–Kier alpha value is -4.30. The molecule has 0 fully saturated rings. The Morgan fingerprint density at radius 3 is 2.54 bits per heavy atom. The van der Waals surface area contributed by atoms with Crippen LogP contribution in [0.2, 0.25) is 0 Å². The van der Waals surface area contributed by atoms with Crippen LogP contribution in [0.25, 0.3) is 11.8 Å². The van der Waals surface area contributed by atoms with Crippen LogP contribution < -0.4 is 29.3 Å².